The SMILES string of the molecule is Cc1nn(-c2ccc(Cl)cc2)c(C)c1CNCC1CCCC(O)C1. The van der Waals surface area contributed by atoms with Crippen molar-refractivity contribution < 1.29 is 5.11 Å². The van der Waals surface area contributed by atoms with Crippen molar-refractivity contribution in [1.82, 2.24) is 15.1 Å². The van der Waals surface area contributed by atoms with Crippen molar-refractivity contribution in [3.8, 4) is 5.69 Å². The molecule has 0 bridgehead atoms. The van der Waals surface area contributed by atoms with Gasteiger partial charge in [-0.1, -0.05) is 18.0 Å². The topological polar surface area (TPSA) is 50.1 Å². The van der Waals surface area contributed by atoms with Crippen LogP contribution in [-0.4, -0.2) is 27.5 Å². The molecule has 1 saturated carbocycles. The molecular formula is C19H26ClN3O. The van der Waals surface area contributed by atoms with Gasteiger partial charge < -0.3 is 10.4 Å². The fourth-order valence-corrected chi connectivity index (χ4v) is 3.74. The normalized spacial score (nSPS) is 21.2. The third kappa shape index (κ3) is 4.00. The summed E-state index contributed by atoms with van der Waals surface area (Å²) in [5, 5.41) is 18.8. The molecule has 130 valence electrons. The first-order valence-electron chi connectivity index (χ1n) is 8.74. The first-order chi connectivity index (χ1) is 11.5. The first kappa shape index (κ1) is 17.5. The number of hydrogen-bond donors (Lipinski definition) is 2. The molecule has 0 amide bonds. The van der Waals surface area contributed by atoms with Gasteiger partial charge in [0.25, 0.3) is 0 Å². The molecule has 2 aromatic rings. The molecule has 3 rings (SSSR count). The molecule has 1 aliphatic rings. The highest BCUT2D eigenvalue weighted by Crippen LogP contribution is 2.24. The number of nitrogens with zero attached hydrogens (tertiary/aromatic N) is 2. The molecule has 5 heteroatoms. The molecule has 0 radical (unpaired) electrons. The maximum atomic E-state index is 9.78. The third-order valence-electron chi connectivity index (χ3n) is 5.00. The third-order valence-corrected chi connectivity index (χ3v) is 5.25. The quantitative estimate of drug-likeness (QED) is 0.865. The lowest BCUT2D eigenvalue weighted by atomic mass is 9.87. The van der Waals surface area contributed by atoms with Gasteiger partial charge in [0.15, 0.2) is 0 Å². The number of hydrogen-bond acceptors (Lipinski definition) is 3. The van der Waals surface area contributed by atoms with Crippen LogP contribution in [0.5, 0.6) is 0 Å². The molecule has 1 heterocycles. The summed E-state index contributed by atoms with van der Waals surface area (Å²) in [6, 6.07) is 7.75. The lowest BCUT2D eigenvalue weighted by Crippen LogP contribution is -2.29. The zero-order valence-corrected chi connectivity index (χ0v) is 15.2. The zero-order chi connectivity index (χ0) is 17.1. The number of aliphatic hydroxyl groups excluding tert-OH is 1. The number of aliphatic hydroxyl groups is 1. The Balaban J connectivity index is 1.65. The van der Waals surface area contributed by atoms with Crippen molar-refractivity contribution in [2.75, 3.05) is 6.54 Å². The smallest absolute Gasteiger partial charge is 0.0649 e. The van der Waals surface area contributed by atoms with E-state index in [0.717, 1.165) is 54.4 Å². The molecule has 0 spiro atoms. The highest BCUT2D eigenvalue weighted by atomic mass is 35.5. The number of benzene rings is 1. The number of aromatic nitrogens is 2. The van der Waals surface area contributed by atoms with Crippen LogP contribution in [0.1, 0.15) is 42.6 Å². The van der Waals surface area contributed by atoms with Crippen molar-refractivity contribution in [1.29, 1.82) is 0 Å². The van der Waals surface area contributed by atoms with Crippen LogP contribution in [0.4, 0.5) is 0 Å². The Morgan fingerprint density at radius 3 is 2.71 bits per heavy atom. The Hall–Kier alpha value is -1.36. The van der Waals surface area contributed by atoms with Crippen LogP contribution in [0.3, 0.4) is 0 Å². The van der Waals surface area contributed by atoms with Gasteiger partial charge in [0.05, 0.1) is 17.5 Å². The maximum absolute atomic E-state index is 9.78. The zero-order valence-electron chi connectivity index (χ0n) is 14.4. The number of rotatable bonds is 5. The van der Waals surface area contributed by atoms with Crippen molar-refractivity contribution in [2.45, 2.75) is 52.2 Å². The molecule has 24 heavy (non-hydrogen) atoms. The second-order valence-corrected chi connectivity index (χ2v) is 7.29. The predicted octanol–water partition coefficient (Wildman–Crippen LogP) is 3.78. The van der Waals surface area contributed by atoms with Gasteiger partial charge in [-0.15, -0.1) is 0 Å². The lowest BCUT2D eigenvalue weighted by molar-refractivity contribution is 0.101. The van der Waals surface area contributed by atoms with Crippen molar-refractivity contribution in [3.05, 3.63) is 46.2 Å². The average Bonchev–Trinajstić information content (AvgIpc) is 2.84. The molecular weight excluding hydrogens is 322 g/mol. The monoisotopic (exact) mass is 347 g/mol. The highest BCUT2D eigenvalue weighted by Gasteiger charge is 2.20. The van der Waals surface area contributed by atoms with Crippen LogP contribution in [0, 0.1) is 19.8 Å². The van der Waals surface area contributed by atoms with E-state index in [2.05, 4.69) is 24.3 Å². The van der Waals surface area contributed by atoms with E-state index in [1.54, 1.807) is 0 Å². The molecule has 2 N–H and O–H groups in total. The van der Waals surface area contributed by atoms with Crippen LogP contribution >= 0.6 is 11.6 Å². The van der Waals surface area contributed by atoms with Crippen LogP contribution in [-0.2, 0) is 6.54 Å². The van der Waals surface area contributed by atoms with E-state index in [4.69, 9.17) is 11.6 Å². The summed E-state index contributed by atoms with van der Waals surface area (Å²) in [6.45, 7) is 5.94. The lowest BCUT2D eigenvalue weighted by Gasteiger charge is -2.26. The first-order valence-corrected chi connectivity index (χ1v) is 9.12. The van der Waals surface area contributed by atoms with Crippen LogP contribution in [0.15, 0.2) is 24.3 Å². The number of nitrogens with one attached hydrogen (secondary N) is 1. The summed E-state index contributed by atoms with van der Waals surface area (Å²) >= 11 is 5.97. The van der Waals surface area contributed by atoms with Crippen molar-refractivity contribution in [2.24, 2.45) is 5.92 Å². The molecule has 1 aliphatic carbocycles. The molecule has 2 unspecified atom stereocenters. The van der Waals surface area contributed by atoms with E-state index in [0.29, 0.717) is 5.92 Å². The molecule has 0 saturated heterocycles. The summed E-state index contributed by atoms with van der Waals surface area (Å²) < 4.78 is 1.98. The van der Waals surface area contributed by atoms with E-state index in [1.807, 2.05) is 28.9 Å². The Bertz CT molecular complexity index is 681. The van der Waals surface area contributed by atoms with Crippen molar-refractivity contribution >= 4 is 11.6 Å². The molecule has 4 nitrogen and oxygen atoms in total. The van der Waals surface area contributed by atoms with Gasteiger partial charge >= 0.3 is 0 Å². The van der Waals surface area contributed by atoms with Gasteiger partial charge in [0, 0.05) is 22.8 Å². The van der Waals surface area contributed by atoms with E-state index in [1.165, 1.54) is 12.0 Å². The Labute approximate surface area is 148 Å². The van der Waals surface area contributed by atoms with Gasteiger partial charge in [-0.2, -0.15) is 5.10 Å². The minimum Gasteiger partial charge on any atom is -0.393 e. The summed E-state index contributed by atoms with van der Waals surface area (Å²) in [7, 11) is 0. The molecule has 1 aromatic heterocycles. The standard InChI is InChI=1S/C19H26ClN3O/c1-13-19(12-21-11-15-4-3-5-18(24)10-15)14(2)23(22-13)17-8-6-16(20)7-9-17/h6-9,15,18,21,24H,3-5,10-12H2,1-2H3. The van der Waals surface area contributed by atoms with Crippen LogP contribution < -0.4 is 5.32 Å². The second kappa shape index (κ2) is 7.68. The summed E-state index contributed by atoms with van der Waals surface area (Å²) in [6.07, 6.45) is 4.13. The Morgan fingerprint density at radius 2 is 2.00 bits per heavy atom. The summed E-state index contributed by atoms with van der Waals surface area (Å²) in [4.78, 5) is 0. The Kier molecular flexibility index (Phi) is 5.59. The molecule has 2 atom stereocenters. The second-order valence-electron chi connectivity index (χ2n) is 6.85. The Morgan fingerprint density at radius 1 is 1.25 bits per heavy atom. The molecule has 0 aliphatic heterocycles. The minimum absolute atomic E-state index is 0.110. The van der Waals surface area contributed by atoms with E-state index >= 15 is 0 Å². The number of aryl methyl sites for hydroxylation is 1. The van der Waals surface area contributed by atoms with Crippen molar-refractivity contribution in [3.63, 3.8) is 0 Å². The van der Waals surface area contributed by atoms with Gasteiger partial charge in [-0.25, -0.2) is 4.68 Å². The van der Waals surface area contributed by atoms with E-state index in [-0.39, 0.29) is 6.10 Å². The highest BCUT2D eigenvalue weighted by molar-refractivity contribution is 6.30. The largest absolute Gasteiger partial charge is 0.393 e. The van der Waals surface area contributed by atoms with Crippen LogP contribution in [0.2, 0.25) is 5.02 Å². The minimum atomic E-state index is -0.110. The van der Waals surface area contributed by atoms with Gasteiger partial charge in [-0.05, 0) is 69.8 Å². The van der Waals surface area contributed by atoms with Crippen LogP contribution in [0.25, 0.3) is 5.69 Å². The number of halogens is 1. The average molecular weight is 348 g/mol. The van der Waals surface area contributed by atoms with E-state index < -0.39 is 0 Å². The van der Waals surface area contributed by atoms with E-state index in [9.17, 15) is 5.11 Å². The van der Waals surface area contributed by atoms with Gasteiger partial charge in [0.1, 0.15) is 0 Å². The maximum Gasteiger partial charge on any atom is 0.0649 e. The summed E-state index contributed by atoms with van der Waals surface area (Å²) in [5.74, 6) is 0.584. The van der Waals surface area contributed by atoms with Gasteiger partial charge in [-0.3, -0.25) is 0 Å². The molecule has 1 aromatic carbocycles. The molecule has 1 fully saturated rings. The van der Waals surface area contributed by atoms with Gasteiger partial charge in [0.2, 0.25) is 0 Å². The summed E-state index contributed by atoms with van der Waals surface area (Å²) in [5.41, 5.74) is 4.49. The predicted molar refractivity (Wildman–Crippen MR) is 97.7 cm³/mol. The fraction of sp³-hybridized carbons (Fsp3) is 0.526. The fourth-order valence-electron chi connectivity index (χ4n) is 3.61.